The molecule has 4 heteroatoms. The summed E-state index contributed by atoms with van der Waals surface area (Å²) in [6, 6.07) is 3.46. The minimum Gasteiger partial charge on any atom is -0.328 e. The molecular weight excluding hydrogens is 192 g/mol. The lowest BCUT2D eigenvalue weighted by Crippen LogP contribution is -2.15. The number of carbonyl (C=O) groups is 2. The monoisotopic (exact) mass is 208 g/mol. The maximum Gasteiger partial charge on any atom is 0.222 e. The standard InChI is InChI=1S/C11H16N2O2/c1-7(2)11(15)9-5-6-10(13(9)4)12-8(3)14/h5-7H,1-4H3,(H,12,14). The number of hydrogen-bond donors (Lipinski definition) is 1. The number of anilines is 1. The summed E-state index contributed by atoms with van der Waals surface area (Å²) < 4.78 is 1.70. The first kappa shape index (κ1) is 11.5. The number of ketones is 1. The van der Waals surface area contributed by atoms with Crippen LogP contribution in [0.2, 0.25) is 0 Å². The maximum absolute atomic E-state index is 11.7. The van der Waals surface area contributed by atoms with Crippen molar-refractivity contribution in [3.8, 4) is 0 Å². The van der Waals surface area contributed by atoms with Gasteiger partial charge in [-0.2, -0.15) is 0 Å². The van der Waals surface area contributed by atoms with E-state index in [1.807, 2.05) is 13.8 Å². The summed E-state index contributed by atoms with van der Waals surface area (Å²) in [5.41, 5.74) is 0.619. The molecule has 1 aromatic rings. The molecule has 0 aromatic carbocycles. The predicted molar refractivity (Wildman–Crippen MR) is 58.9 cm³/mol. The van der Waals surface area contributed by atoms with Crippen LogP contribution < -0.4 is 5.32 Å². The summed E-state index contributed by atoms with van der Waals surface area (Å²) in [5.74, 6) is 0.545. The third kappa shape index (κ3) is 2.46. The van der Waals surface area contributed by atoms with Crippen LogP contribution in [-0.2, 0) is 11.8 Å². The molecule has 0 saturated carbocycles. The fourth-order valence-corrected chi connectivity index (χ4v) is 1.36. The van der Waals surface area contributed by atoms with E-state index >= 15 is 0 Å². The van der Waals surface area contributed by atoms with Crippen LogP contribution in [-0.4, -0.2) is 16.3 Å². The Hall–Kier alpha value is -1.58. The van der Waals surface area contributed by atoms with E-state index in [9.17, 15) is 9.59 Å². The zero-order valence-electron chi connectivity index (χ0n) is 9.50. The van der Waals surface area contributed by atoms with Crippen LogP contribution in [0.5, 0.6) is 0 Å². The van der Waals surface area contributed by atoms with Crippen molar-refractivity contribution in [2.75, 3.05) is 5.32 Å². The van der Waals surface area contributed by atoms with Gasteiger partial charge in [0.15, 0.2) is 5.78 Å². The molecule has 1 N–H and O–H groups in total. The average molecular weight is 208 g/mol. The smallest absolute Gasteiger partial charge is 0.222 e. The van der Waals surface area contributed by atoms with Gasteiger partial charge in [-0.3, -0.25) is 9.59 Å². The minimum atomic E-state index is -0.139. The van der Waals surface area contributed by atoms with Crippen LogP contribution in [0.15, 0.2) is 12.1 Å². The van der Waals surface area contributed by atoms with Crippen LogP contribution in [0, 0.1) is 5.92 Å². The number of carbonyl (C=O) groups excluding carboxylic acids is 2. The van der Waals surface area contributed by atoms with Gasteiger partial charge in [-0.05, 0) is 12.1 Å². The Morgan fingerprint density at radius 3 is 2.40 bits per heavy atom. The molecule has 82 valence electrons. The first-order chi connectivity index (χ1) is 6.93. The molecule has 0 spiro atoms. The van der Waals surface area contributed by atoms with Crippen molar-refractivity contribution in [1.29, 1.82) is 0 Å². The SMILES string of the molecule is CC(=O)Nc1ccc(C(=O)C(C)C)n1C. The Bertz CT molecular complexity index is 391. The maximum atomic E-state index is 11.7. The molecule has 0 aliphatic heterocycles. The lowest BCUT2D eigenvalue weighted by Gasteiger charge is -2.08. The highest BCUT2D eigenvalue weighted by atomic mass is 16.1. The molecule has 15 heavy (non-hydrogen) atoms. The molecule has 0 fully saturated rings. The van der Waals surface area contributed by atoms with Crippen LogP contribution in [0.3, 0.4) is 0 Å². The fourth-order valence-electron chi connectivity index (χ4n) is 1.36. The van der Waals surface area contributed by atoms with Gasteiger partial charge in [0.05, 0.1) is 5.69 Å². The summed E-state index contributed by atoms with van der Waals surface area (Å²) in [4.78, 5) is 22.6. The van der Waals surface area contributed by atoms with Crippen molar-refractivity contribution in [2.24, 2.45) is 13.0 Å². The van der Waals surface area contributed by atoms with Crippen molar-refractivity contribution in [1.82, 2.24) is 4.57 Å². The number of hydrogen-bond acceptors (Lipinski definition) is 2. The van der Waals surface area contributed by atoms with Crippen molar-refractivity contribution in [2.45, 2.75) is 20.8 Å². The largest absolute Gasteiger partial charge is 0.328 e. The lowest BCUT2D eigenvalue weighted by molar-refractivity contribution is -0.114. The second-order valence-corrected chi connectivity index (χ2v) is 3.86. The summed E-state index contributed by atoms with van der Waals surface area (Å²) >= 11 is 0. The van der Waals surface area contributed by atoms with Gasteiger partial charge in [-0.1, -0.05) is 13.8 Å². The van der Waals surface area contributed by atoms with Gasteiger partial charge in [-0.25, -0.2) is 0 Å². The Kier molecular flexibility index (Phi) is 3.29. The van der Waals surface area contributed by atoms with Gasteiger partial charge >= 0.3 is 0 Å². The molecule has 1 rings (SSSR count). The Morgan fingerprint density at radius 1 is 1.33 bits per heavy atom. The summed E-state index contributed by atoms with van der Waals surface area (Å²) in [6.45, 7) is 5.15. The number of aromatic nitrogens is 1. The van der Waals surface area contributed by atoms with Gasteiger partial charge in [-0.15, -0.1) is 0 Å². The topological polar surface area (TPSA) is 51.1 Å². The Balaban J connectivity index is 2.98. The minimum absolute atomic E-state index is 0.0382. The molecule has 1 heterocycles. The molecule has 0 aliphatic carbocycles. The quantitative estimate of drug-likeness (QED) is 0.770. The normalized spacial score (nSPS) is 10.5. The highest BCUT2D eigenvalue weighted by Crippen LogP contribution is 2.15. The Labute approximate surface area is 89.3 Å². The second-order valence-electron chi connectivity index (χ2n) is 3.86. The molecule has 0 atom stereocenters. The van der Waals surface area contributed by atoms with E-state index < -0.39 is 0 Å². The molecule has 1 amide bonds. The van der Waals surface area contributed by atoms with Gasteiger partial charge in [0.2, 0.25) is 5.91 Å². The van der Waals surface area contributed by atoms with Crippen LogP contribution in [0.25, 0.3) is 0 Å². The van der Waals surface area contributed by atoms with Crippen molar-refractivity contribution in [3.05, 3.63) is 17.8 Å². The van der Waals surface area contributed by atoms with E-state index in [-0.39, 0.29) is 17.6 Å². The highest BCUT2D eigenvalue weighted by Gasteiger charge is 2.15. The number of amides is 1. The third-order valence-corrected chi connectivity index (χ3v) is 2.20. The summed E-state index contributed by atoms with van der Waals surface area (Å²) in [5, 5.41) is 2.66. The predicted octanol–water partition coefficient (Wildman–Crippen LogP) is 1.82. The second kappa shape index (κ2) is 4.29. The molecular formula is C11H16N2O2. The number of rotatable bonds is 3. The van der Waals surface area contributed by atoms with E-state index in [1.165, 1.54) is 6.92 Å². The van der Waals surface area contributed by atoms with Crippen LogP contribution in [0.4, 0.5) is 5.82 Å². The summed E-state index contributed by atoms with van der Waals surface area (Å²) in [6.07, 6.45) is 0. The number of Topliss-reactive ketones (excluding diaryl/α,β-unsaturated/α-hetero) is 1. The number of nitrogens with one attached hydrogen (secondary N) is 1. The van der Waals surface area contributed by atoms with E-state index in [0.717, 1.165) is 0 Å². The van der Waals surface area contributed by atoms with Crippen molar-refractivity contribution < 1.29 is 9.59 Å². The Morgan fingerprint density at radius 2 is 1.93 bits per heavy atom. The first-order valence-electron chi connectivity index (χ1n) is 4.91. The van der Waals surface area contributed by atoms with Crippen LogP contribution >= 0.6 is 0 Å². The first-order valence-corrected chi connectivity index (χ1v) is 4.91. The molecule has 1 aromatic heterocycles. The average Bonchev–Trinajstić information content (AvgIpc) is 2.46. The van der Waals surface area contributed by atoms with Crippen LogP contribution in [0.1, 0.15) is 31.3 Å². The van der Waals surface area contributed by atoms with Gasteiger partial charge in [0.25, 0.3) is 0 Å². The van der Waals surface area contributed by atoms with Gasteiger partial charge in [0, 0.05) is 19.9 Å². The fraction of sp³-hybridized carbons (Fsp3) is 0.455. The zero-order chi connectivity index (χ0) is 11.6. The molecule has 0 aliphatic rings. The highest BCUT2D eigenvalue weighted by molar-refractivity contribution is 5.97. The van der Waals surface area contributed by atoms with E-state index in [4.69, 9.17) is 0 Å². The van der Waals surface area contributed by atoms with E-state index in [0.29, 0.717) is 11.5 Å². The molecule has 0 saturated heterocycles. The zero-order valence-corrected chi connectivity index (χ0v) is 9.50. The van der Waals surface area contributed by atoms with E-state index in [2.05, 4.69) is 5.32 Å². The molecule has 4 nitrogen and oxygen atoms in total. The van der Waals surface area contributed by atoms with E-state index in [1.54, 1.807) is 23.7 Å². The molecule has 0 radical (unpaired) electrons. The van der Waals surface area contributed by atoms with Crippen molar-refractivity contribution in [3.63, 3.8) is 0 Å². The molecule has 0 unspecified atom stereocenters. The molecule has 0 bridgehead atoms. The van der Waals surface area contributed by atoms with Gasteiger partial charge in [0.1, 0.15) is 5.82 Å². The number of nitrogens with zero attached hydrogens (tertiary/aromatic N) is 1. The van der Waals surface area contributed by atoms with Crippen molar-refractivity contribution >= 4 is 17.5 Å². The third-order valence-electron chi connectivity index (χ3n) is 2.20. The summed E-state index contributed by atoms with van der Waals surface area (Å²) in [7, 11) is 1.76. The van der Waals surface area contributed by atoms with Gasteiger partial charge < -0.3 is 9.88 Å². The lowest BCUT2D eigenvalue weighted by atomic mass is 10.1.